The quantitative estimate of drug-likeness (QED) is 0.178. The zero-order valence-electron chi connectivity index (χ0n) is 21.7. The van der Waals surface area contributed by atoms with Gasteiger partial charge in [-0.3, -0.25) is 0 Å². The van der Waals surface area contributed by atoms with Crippen LogP contribution in [0.4, 0.5) is 0 Å². The van der Waals surface area contributed by atoms with Crippen molar-refractivity contribution in [2.75, 3.05) is 0 Å². The van der Waals surface area contributed by atoms with Crippen LogP contribution in [-0.4, -0.2) is 39.9 Å². The summed E-state index contributed by atoms with van der Waals surface area (Å²) in [6.07, 6.45) is 0. The monoisotopic (exact) mass is 638 g/mol. The van der Waals surface area contributed by atoms with Crippen LogP contribution in [0.1, 0.15) is 0 Å². The molecule has 3 aromatic heterocycles. The molecular formula is C32H17ClN8Zr. The first kappa shape index (κ1) is 25.1. The van der Waals surface area contributed by atoms with Crippen molar-refractivity contribution in [3.8, 4) is 45.6 Å². The molecule has 0 fully saturated rings. The Kier molecular flexibility index (Phi) is 5.68. The number of aromatic amines is 2. The van der Waals surface area contributed by atoms with Crippen molar-refractivity contribution in [3.63, 3.8) is 0 Å². The molecule has 4 aromatic carbocycles. The Labute approximate surface area is 262 Å². The molecule has 10 heteroatoms. The number of benzene rings is 4. The van der Waals surface area contributed by atoms with Crippen molar-refractivity contribution in [2.45, 2.75) is 0 Å². The zero-order chi connectivity index (χ0) is 27.1. The molecule has 196 valence electrons. The fourth-order valence-electron chi connectivity index (χ4n) is 5.65. The van der Waals surface area contributed by atoms with Gasteiger partial charge in [-0.05, 0) is 6.07 Å². The van der Waals surface area contributed by atoms with Gasteiger partial charge in [-0.1, -0.05) is 96.5 Å². The number of aromatic nitrogens is 8. The summed E-state index contributed by atoms with van der Waals surface area (Å²) in [5.41, 5.74) is 6.09. The van der Waals surface area contributed by atoms with Crippen molar-refractivity contribution in [1.29, 1.82) is 0 Å². The summed E-state index contributed by atoms with van der Waals surface area (Å²) >= 11 is 6.73. The van der Waals surface area contributed by atoms with Gasteiger partial charge in [0.15, 0.2) is 23.3 Å². The summed E-state index contributed by atoms with van der Waals surface area (Å²) in [5.74, 6) is 2.24. The molecule has 2 N–H and O–H groups in total. The van der Waals surface area contributed by atoms with Gasteiger partial charge >= 0.3 is 0 Å². The van der Waals surface area contributed by atoms with Crippen LogP contribution in [-0.2, 0) is 26.2 Å². The first-order valence-corrected chi connectivity index (χ1v) is 13.5. The SMILES string of the molecule is Clc1cccc2c3nc4nc(nc5[nH]c(nc6nc(nc([nH]3)c12)-c1ccccc1-6)c1ccccc51)-c1ccccc1-4.[Zr]. The first-order valence-electron chi connectivity index (χ1n) is 13.1. The number of fused-ring (bicyclic) bond motifs is 20. The van der Waals surface area contributed by atoms with Crippen LogP contribution in [0.2, 0.25) is 5.02 Å². The van der Waals surface area contributed by atoms with Gasteiger partial charge in [0, 0.05) is 70.0 Å². The molecule has 5 heterocycles. The minimum Gasteiger partial charge on any atom is -0.324 e. The number of H-pyrrole nitrogens is 2. The van der Waals surface area contributed by atoms with Crippen molar-refractivity contribution in [1.82, 2.24) is 39.9 Å². The van der Waals surface area contributed by atoms with Gasteiger partial charge in [-0.2, -0.15) is 0 Å². The molecule has 2 aliphatic rings. The first-order chi connectivity index (χ1) is 20.2. The molecule has 7 aromatic rings. The van der Waals surface area contributed by atoms with Crippen LogP contribution in [0.5, 0.6) is 0 Å². The van der Waals surface area contributed by atoms with Gasteiger partial charge in [0.25, 0.3) is 0 Å². The summed E-state index contributed by atoms with van der Waals surface area (Å²) in [4.78, 5) is 36.6. The second-order valence-electron chi connectivity index (χ2n) is 9.91. The van der Waals surface area contributed by atoms with E-state index >= 15 is 0 Å². The number of nitrogens with one attached hydrogen (secondary N) is 2. The summed E-state index contributed by atoms with van der Waals surface area (Å²) in [7, 11) is 0. The van der Waals surface area contributed by atoms with E-state index in [0.29, 0.717) is 50.9 Å². The Morgan fingerprint density at radius 1 is 0.405 bits per heavy atom. The third kappa shape index (κ3) is 3.70. The molecule has 42 heavy (non-hydrogen) atoms. The van der Waals surface area contributed by atoms with Gasteiger partial charge in [-0.15, -0.1) is 0 Å². The second-order valence-corrected chi connectivity index (χ2v) is 10.3. The molecule has 0 saturated carbocycles. The second kappa shape index (κ2) is 9.48. The molecule has 8 nitrogen and oxygen atoms in total. The van der Waals surface area contributed by atoms with E-state index in [1.807, 2.05) is 91.0 Å². The summed E-state index contributed by atoms with van der Waals surface area (Å²) in [6, 6.07) is 29.7. The van der Waals surface area contributed by atoms with E-state index in [9.17, 15) is 0 Å². The molecule has 0 unspecified atom stereocenters. The standard InChI is InChI=1S/C32H17ClN8.Zr/c33-23-15-7-14-22-24(23)32-40-30-21-13-6-5-12-20(21)28(38-30)36-26-17-9-2-1-8-16(17)25(34-26)35-27-18-10-3-4-11-19(18)29(37-27)39-31(22)41-32;/h1-15H,(H2,34,35,36,37,38,39,40,41);. The van der Waals surface area contributed by atoms with E-state index in [0.717, 1.165) is 43.8 Å². The molecule has 0 radical (unpaired) electrons. The maximum Gasteiger partial charge on any atom is 0.164 e. The average Bonchev–Trinajstić information content (AvgIpc) is 3.73. The van der Waals surface area contributed by atoms with E-state index in [4.69, 9.17) is 41.5 Å². The van der Waals surface area contributed by atoms with Crippen LogP contribution >= 0.6 is 11.6 Å². The molecule has 0 aliphatic carbocycles. The van der Waals surface area contributed by atoms with Gasteiger partial charge < -0.3 is 9.97 Å². The van der Waals surface area contributed by atoms with Crippen molar-refractivity contribution >= 4 is 55.7 Å². The van der Waals surface area contributed by atoms with Gasteiger partial charge in [0.05, 0.1) is 5.02 Å². The molecular weight excluding hydrogens is 623 g/mol. The van der Waals surface area contributed by atoms with Crippen LogP contribution in [0.15, 0.2) is 91.0 Å². The Morgan fingerprint density at radius 3 is 1.29 bits per heavy atom. The minimum absolute atomic E-state index is 0. The van der Waals surface area contributed by atoms with E-state index in [1.54, 1.807) is 0 Å². The van der Waals surface area contributed by atoms with Gasteiger partial charge in [0.2, 0.25) is 0 Å². The normalized spacial score (nSPS) is 11.7. The van der Waals surface area contributed by atoms with E-state index in [1.165, 1.54) is 0 Å². The Bertz CT molecular complexity index is 2410. The fraction of sp³-hybridized carbons (Fsp3) is 0. The average molecular weight is 640 g/mol. The topological polar surface area (TPSA) is 109 Å². The smallest absolute Gasteiger partial charge is 0.164 e. The van der Waals surface area contributed by atoms with Crippen molar-refractivity contribution in [2.24, 2.45) is 0 Å². The Balaban J connectivity index is 0.00000267. The maximum absolute atomic E-state index is 6.73. The molecule has 9 rings (SSSR count). The molecule has 0 amide bonds. The number of hydrogen-bond donors (Lipinski definition) is 2. The maximum atomic E-state index is 6.73. The third-order valence-electron chi connectivity index (χ3n) is 7.53. The van der Waals surface area contributed by atoms with E-state index < -0.39 is 0 Å². The molecule has 0 spiro atoms. The molecule has 0 saturated heterocycles. The largest absolute Gasteiger partial charge is 0.324 e. The predicted octanol–water partition coefficient (Wildman–Crippen LogP) is 7.52. The van der Waals surface area contributed by atoms with Crippen molar-refractivity contribution in [3.05, 3.63) is 96.0 Å². The van der Waals surface area contributed by atoms with Crippen molar-refractivity contribution < 1.29 is 26.2 Å². The van der Waals surface area contributed by atoms with Crippen LogP contribution in [0, 0.1) is 0 Å². The number of hydrogen-bond acceptors (Lipinski definition) is 6. The molecule has 8 bridgehead atoms. The zero-order valence-corrected chi connectivity index (χ0v) is 24.9. The predicted molar refractivity (Wildman–Crippen MR) is 161 cm³/mol. The minimum atomic E-state index is 0. The van der Waals surface area contributed by atoms with Crippen LogP contribution in [0.25, 0.3) is 89.7 Å². The number of halogens is 1. The Morgan fingerprint density at radius 2 is 0.786 bits per heavy atom. The number of rotatable bonds is 0. The third-order valence-corrected chi connectivity index (χ3v) is 7.84. The number of nitrogens with zero attached hydrogens (tertiary/aromatic N) is 6. The molecule has 0 atom stereocenters. The molecule has 2 aliphatic heterocycles. The van der Waals surface area contributed by atoms with E-state index in [2.05, 4.69) is 9.97 Å². The fourth-order valence-corrected chi connectivity index (χ4v) is 5.91. The van der Waals surface area contributed by atoms with Crippen LogP contribution in [0.3, 0.4) is 0 Å². The van der Waals surface area contributed by atoms with Gasteiger partial charge in [-0.25, -0.2) is 29.9 Å². The summed E-state index contributed by atoms with van der Waals surface area (Å²) in [6.45, 7) is 0. The summed E-state index contributed by atoms with van der Waals surface area (Å²) in [5, 5.41) is 4.05. The van der Waals surface area contributed by atoms with Gasteiger partial charge in [0.1, 0.15) is 22.6 Å². The Hall–Kier alpha value is -4.59. The van der Waals surface area contributed by atoms with E-state index in [-0.39, 0.29) is 26.2 Å². The van der Waals surface area contributed by atoms with Crippen LogP contribution < -0.4 is 0 Å². The summed E-state index contributed by atoms with van der Waals surface area (Å²) < 4.78 is 0.